The highest BCUT2D eigenvalue weighted by Crippen LogP contribution is 2.32. The van der Waals surface area contributed by atoms with E-state index in [-0.39, 0.29) is 29.6 Å². The summed E-state index contributed by atoms with van der Waals surface area (Å²) in [6.45, 7) is 0. The van der Waals surface area contributed by atoms with Crippen molar-refractivity contribution in [2.75, 3.05) is 0 Å². The third kappa shape index (κ3) is 6.09. The summed E-state index contributed by atoms with van der Waals surface area (Å²) in [6, 6.07) is 23.9. The Labute approximate surface area is 185 Å². The minimum Gasteiger partial charge on any atom is -0.453 e. The molecule has 0 saturated carbocycles. The molecule has 0 fully saturated rings. The van der Waals surface area contributed by atoms with Crippen molar-refractivity contribution in [3.63, 3.8) is 0 Å². The lowest BCUT2D eigenvalue weighted by Gasteiger charge is -2.19. The maximum absolute atomic E-state index is 12.4. The summed E-state index contributed by atoms with van der Waals surface area (Å²) in [7, 11) is 0. The van der Waals surface area contributed by atoms with E-state index in [0.29, 0.717) is 11.4 Å². The number of carbonyl (C=O) groups excluding carboxylic acids is 2. The van der Waals surface area contributed by atoms with Gasteiger partial charge in [-0.15, -0.1) is 0 Å². The molecule has 0 saturated heterocycles. The van der Waals surface area contributed by atoms with E-state index in [1.54, 1.807) is 18.2 Å². The van der Waals surface area contributed by atoms with E-state index in [0.717, 1.165) is 11.1 Å². The lowest BCUT2D eigenvalue weighted by Crippen LogP contribution is -2.14. The third-order valence-corrected chi connectivity index (χ3v) is 5.16. The van der Waals surface area contributed by atoms with Gasteiger partial charge in [0.2, 0.25) is 0 Å². The molecule has 0 atom stereocenters. The topological polar surface area (TPSA) is 52.6 Å². The zero-order chi connectivity index (χ0) is 21.3. The number of carbonyl (C=O) groups is 2. The Morgan fingerprint density at radius 2 is 1.30 bits per heavy atom. The van der Waals surface area contributed by atoms with Gasteiger partial charge in [0.15, 0.2) is 11.9 Å². The molecule has 0 aliphatic carbocycles. The van der Waals surface area contributed by atoms with Crippen molar-refractivity contribution in [3.05, 3.63) is 100 Å². The van der Waals surface area contributed by atoms with Crippen LogP contribution in [-0.2, 0) is 14.3 Å². The fourth-order valence-electron chi connectivity index (χ4n) is 2.89. The zero-order valence-electron chi connectivity index (χ0n) is 16.1. The monoisotopic (exact) mass is 442 g/mol. The van der Waals surface area contributed by atoms with Crippen LogP contribution >= 0.6 is 23.2 Å². The Kier molecular flexibility index (Phi) is 7.89. The fourth-order valence-corrected chi connectivity index (χ4v) is 3.22. The molecule has 30 heavy (non-hydrogen) atoms. The van der Waals surface area contributed by atoms with Crippen molar-refractivity contribution in [1.82, 2.24) is 0 Å². The first kappa shape index (κ1) is 21.9. The number of benzene rings is 3. The summed E-state index contributed by atoms with van der Waals surface area (Å²) < 4.78 is 10.9. The molecule has 3 aromatic carbocycles. The number of ether oxygens (including phenoxy) is 2. The smallest absolute Gasteiger partial charge is 0.311 e. The van der Waals surface area contributed by atoms with E-state index in [2.05, 4.69) is 0 Å². The Morgan fingerprint density at radius 3 is 1.90 bits per heavy atom. The van der Waals surface area contributed by atoms with Gasteiger partial charge in [-0.25, -0.2) is 0 Å². The van der Waals surface area contributed by atoms with Gasteiger partial charge >= 0.3 is 11.9 Å². The second-order valence-corrected chi connectivity index (χ2v) is 7.36. The number of hydrogen-bond donors (Lipinski definition) is 0. The zero-order valence-corrected chi connectivity index (χ0v) is 17.6. The Hall–Kier alpha value is -2.82. The molecule has 154 valence electrons. The van der Waals surface area contributed by atoms with Crippen molar-refractivity contribution >= 4 is 35.1 Å². The molecule has 4 nitrogen and oxygen atoms in total. The molecule has 0 unspecified atom stereocenters. The Morgan fingerprint density at radius 1 is 0.733 bits per heavy atom. The minimum atomic E-state index is -0.503. The SMILES string of the molecule is O=C(CCCC(=O)OC(c1ccccc1)c1ccccc1)Oc1cccc(Cl)c1Cl. The standard InChI is InChI=1S/C24H20Cl2O4/c25-19-13-7-14-20(23(19)26)29-21(27)15-8-16-22(28)30-24(17-9-3-1-4-10-17)18-11-5-2-6-12-18/h1-7,9-14,24H,8,15-16H2. The fraction of sp³-hybridized carbons (Fsp3) is 0.167. The summed E-state index contributed by atoms with van der Waals surface area (Å²) in [5.41, 5.74) is 1.76. The molecular formula is C24H20Cl2O4. The first-order valence-corrected chi connectivity index (χ1v) is 10.2. The van der Waals surface area contributed by atoms with E-state index < -0.39 is 12.1 Å². The molecule has 0 amide bonds. The van der Waals surface area contributed by atoms with Crippen molar-refractivity contribution in [1.29, 1.82) is 0 Å². The first-order valence-electron chi connectivity index (χ1n) is 9.48. The van der Waals surface area contributed by atoms with Crippen LogP contribution in [-0.4, -0.2) is 11.9 Å². The molecule has 0 N–H and O–H groups in total. The Bertz CT molecular complexity index is 951. The van der Waals surface area contributed by atoms with Gasteiger partial charge in [-0.2, -0.15) is 0 Å². The molecule has 6 heteroatoms. The van der Waals surface area contributed by atoms with E-state index in [1.165, 1.54) is 0 Å². The quantitative estimate of drug-likeness (QED) is 0.299. The van der Waals surface area contributed by atoms with Crippen molar-refractivity contribution in [2.24, 2.45) is 0 Å². The molecule has 0 bridgehead atoms. The molecule has 0 aliphatic rings. The van der Waals surface area contributed by atoms with Gasteiger partial charge in [0.1, 0.15) is 5.02 Å². The number of esters is 2. The van der Waals surface area contributed by atoms with Crippen LogP contribution in [0.25, 0.3) is 0 Å². The van der Waals surface area contributed by atoms with Crippen LogP contribution in [0.5, 0.6) is 5.75 Å². The summed E-state index contributed by atoms with van der Waals surface area (Å²) in [4.78, 5) is 24.5. The maximum Gasteiger partial charge on any atom is 0.311 e. The first-order chi connectivity index (χ1) is 14.5. The second-order valence-electron chi connectivity index (χ2n) is 6.57. The number of rotatable bonds is 8. The second kappa shape index (κ2) is 10.8. The largest absolute Gasteiger partial charge is 0.453 e. The van der Waals surface area contributed by atoms with Gasteiger partial charge in [-0.05, 0) is 29.7 Å². The molecule has 3 aromatic rings. The summed E-state index contributed by atoms with van der Waals surface area (Å²) in [5.74, 6) is -0.680. The summed E-state index contributed by atoms with van der Waals surface area (Å²) >= 11 is 11.9. The van der Waals surface area contributed by atoms with Gasteiger partial charge in [0.25, 0.3) is 0 Å². The van der Waals surface area contributed by atoms with Gasteiger partial charge in [0, 0.05) is 12.8 Å². The summed E-state index contributed by atoms with van der Waals surface area (Å²) in [6.07, 6.45) is -0.0582. The predicted molar refractivity (Wildman–Crippen MR) is 117 cm³/mol. The van der Waals surface area contributed by atoms with Crippen LogP contribution < -0.4 is 4.74 Å². The predicted octanol–water partition coefficient (Wildman–Crippen LogP) is 6.40. The van der Waals surface area contributed by atoms with Gasteiger partial charge in [-0.1, -0.05) is 89.9 Å². The van der Waals surface area contributed by atoms with E-state index in [1.807, 2.05) is 60.7 Å². The highest BCUT2D eigenvalue weighted by Gasteiger charge is 2.19. The van der Waals surface area contributed by atoms with Crippen molar-refractivity contribution < 1.29 is 19.1 Å². The molecule has 0 radical (unpaired) electrons. The van der Waals surface area contributed by atoms with Crippen molar-refractivity contribution in [2.45, 2.75) is 25.4 Å². The lowest BCUT2D eigenvalue weighted by atomic mass is 10.0. The highest BCUT2D eigenvalue weighted by atomic mass is 35.5. The van der Waals surface area contributed by atoms with E-state index >= 15 is 0 Å². The minimum absolute atomic E-state index is 0.0548. The van der Waals surface area contributed by atoms with E-state index in [4.69, 9.17) is 32.7 Å². The van der Waals surface area contributed by atoms with Crippen LogP contribution in [0.2, 0.25) is 10.0 Å². The maximum atomic E-state index is 12.4. The van der Waals surface area contributed by atoms with Crippen LogP contribution in [0.1, 0.15) is 36.5 Å². The van der Waals surface area contributed by atoms with Crippen LogP contribution in [0, 0.1) is 0 Å². The Balaban J connectivity index is 1.54. The van der Waals surface area contributed by atoms with Crippen LogP contribution in [0.15, 0.2) is 78.9 Å². The van der Waals surface area contributed by atoms with Crippen molar-refractivity contribution in [3.8, 4) is 5.75 Å². The lowest BCUT2D eigenvalue weighted by molar-refractivity contribution is -0.147. The van der Waals surface area contributed by atoms with Gasteiger partial charge < -0.3 is 9.47 Å². The number of hydrogen-bond acceptors (Lipinski definition) is 4. The average Bonchev–Trinajstić information content (AvgIpc) is 2.76. The van der Waals surface area contributed by atoms with Gasteiger partial charge in [0.05, 0.1) is 5.02 Å². The van der Waals surface area contributed by atoms with Gasteiger partial charge in [-0.3, -0.25) is 9.59 Å². The average molecular weight is 443 g/mol. The van der Waals surface area contributed by atoms with Crippen LogP contribution in [0.4, 0.5) is 0 Å². The highest BCUT2D eigenvalue weighted by molar-refractivity contribution is 6.43. The molecule has 0 aliphatic heterocycles. The summed E-state index contributed by atoms with van der Waals surface area (Å²) in [5, 5.41) is 0.485. The number of halogens is 2. The van der Waals surface area contributed by atoms with E-state index in [9.17, 15) is 9.59 Å². The third-order valence-electron chi connectivity index (χ3n) is 4.36. The molecule has 0 heterocycles. The normalized spacial score (nSPS) is 10.6. The molecule has 0 aromatic heterocycles. The molecule has 3 rings (SSSR count). The van der Waals surface area contributed by atoms with Crippen LogP contribution in [0.3, 0.4) is 0 Å². The molecule has 0 spiro atoms. The molecular weight excluding hydrogens is 423 g/mol.